The van der Waals surface area contributed by atoms with E-state index in [1.54, 1.807) is 0 Å². The number of aromatic nitrogens is 1. The number of nitrogens with zero attached hydrogens (tertiary/aromatic N) is 1. The predicted octanol–water partition coefficient (Wildman–Crippen LogP) is 6.06. The molecule has 2 aliphatic rings. The lowest BCUT2D eigenvalue weighted by Gasteiger charge is -2.15. The zero-order chi connectivity index (χ0) is 22.2. The minimum Gasteiger partial charge on any atom is -0.483 e. The highest BCUT2D eigenvalue weighted by Gasteiger charge is 2.35. The second-order valence-corrected chi connectivity index (χ2v) is 9.33. The van der Waals surface area contributed by atoms with Crippen LogP contribution in [0.1, 0.15) is 11.5 Å². The lowest BCUT2D eigenvalue weighted by Crippen LogP contribution is -2.34. The topological polar surface area (TPSA) is 14.2 Å². The van der Waals surface area contributed by atoms with Crippen LogP contribution in [-0.2, 0) is 0 Å². The van der Waals surface area contributed by atoms with Crippen molar-refractivity contribution in [3.8, 4) is 11.4 Å². The van der Waals surface area contributed by atoms with E-state index in [4.69, 9.17) is 4.74 Å². The highest BCUT2D eigenvalue weighted by molar-refractivity contribution is 6.12. The Morgan fingerprint density at radius 1 is 0.618 bits per heavy atom. The molecule has 6 aromatic rings. The maximum Gasteiger partial charge on any atom is 0.148 e. The van der Waals surface area contributed by atoms with Gasteiger partial charge in [0.05, 0.1) is 11.0 Å². The van der Waals surface area contributed by atoms with Crippen molar-refractivity contribution in [1.82, 2.24) is 4.57 Å². The van der Waals surface area contributed by atoms with Gasteiger partial charge in [0.1, 0.15) is 11.9 Å². The van der Waals surface area contributed by atoms with Crippen LogP contribution in [0.25, 0.3) is 50.4 Å². The first-order valence-corrected chi connectivity index (χ1v) is 11.9. The quantitative estimate of drug-likeness (QED) is 0.306. The van der Waals surface area contributed by atoms with E-state index in [1.807, 2.05) is 0 Å². The largest absolute Gasteiger partial charge is 0.483 e. The highest BCUT2D eigenvalue weighted by Crippen LogP contribution is 2.48. The van der Waals surface area contributed by atoms with E-state index in [1.165, 1.54) is 43.1 Å². The van der Waals surface area contributed by atoms with E-state index < -0.39 is 0 Å². The fourth-order valence-electron chi connectivity index (χ4n) is 5.91. The molecule has 2 heteroatoms. The molecule has 0 bridgehead atoms. The molecule has 160 valence electrons. The molecule has 0 saturated heterocycles. The zero-order valence-electron chi connectivity index (χ0n) is 18.5. The third-order valence-corrected chi connectivity index (χ3v) is 7.48. The van der Waals surface area contributed by atoms with Crippen molar-refractivity contribution in [3.05, 3.63) is 119 Å². The molecule has 2 unspecified atom stereocenters. The normalized spacial score (nSPS) is 18.1. The summed E-state index contributed by atoms with van der Waals surface area (Å²) in [4.78, 5) is 0. The van der Waals surface area contributed by atoms with Crippen molar-refractivity contribution in [2.75, 3.05) is 0 Å². The van der Waals surface area contributed by atoms with E-state index in [0.717, 1.165) is 17.0 Å². The molecule has 2 heterocycles. The van der Waals surface area contributed by atoms with Gasteiger partial charge in [0.15, 0.2) is 0 Å². The summed E-state index contributed by atoms with van der Waals surface area (Å²) in [5, 5.41) is 7.52. The number of benzene rings is 5. The molecule has 1 aliphatic carbocycles. The van der Waals surface area contributed by atoms with E-state index in [2.05, 4.69) is 120 Å². The summed E-state index contributed by atoms with van der Waals surface area (Å²) in [7, 11) is 0. The fourth-order valence-corrected chi connectivity index (χ4v) is 5.91. The minimum absolute atomic E-state index is 0.0264. The molecular weight excluding hydrogens is 414 g/mol. The summed E-state index contributed by atoms with van der Waals surface area (Å²) >= 11 is 0. The van der Waals surface area contributed by atoms with Crippen LogP contribution in [0, 0.1) is 0 Å². The smallest absolute Gasteiger partial charge is 0.148 e. The van der Waals surface area contributed by atoms with Crippen LogP contribution >= 0.6 is 0 Å². The molecule has 34 heavy (non-hydrogen) atoms. The Morgan fingerprint density at radius 2 is 1.38 bits per heavy atom. The summed E-state index contributed by atoms with van der Waals surface area (Å²) in [5.41, 5.74) is 4.80. The first-order valence-electron chi connectivity index (χ1n) is 11.9. The van der Waals surface area contributed by atoms with Gasteiger partial charge in [0.25, 0.3) is 0 Å². The molecule has 0 N–H and O–H groups in total. The molecule has 2 nitrogen and oxygen atoms in total. The average molecular weight is 436 g/mol. The van der Waals surface area contributed by atoms with Crippen molar-refractivity contribution in [2.24, 2.45) is 0 Å². The lowest BCUT2D eigenvalue weighted by atomic mass is 9.89. The molecule has 0 spiro atoms. The van der Waals surface area contributed by atoms with Crippen molar-refractivity contribution < 1.29 is 4.74 Å². The minimum atomic E-state index is 0.0264. The summed E-state index contributed by atoms with van der Waals surface area (Å²) in [6, 6.07) is 37.1. The van der Waals surface area contributed by atoms with Gasteiger partial charge in [-0.3, -0.25) is 0 Å². The second-order valence-electron chi connectivity index (χ2n) is 9.33. The monoisotopic (exact) mass is 435 g/mol. The summed E-state index contributed by atoms with van der Waals surface area (Å²) in [6.45, 7) is 0. The molecule has 2 atom stereocenters. The van der Waals surface area contributed by atoms with E-state index in [0.29, 0.717) is 0 Å². The van der Waals surface area contributed by atoms with Gasteiger partial charge in [-0.25, -0.2) is 0 Å². The van der Waals surface area contributed by atoms with Crippen LogP contribution in [0.2, 0.25) is 0 Å². The Labute approximate surface area is 196 Å². The molecular formula is C32H21NO. The Morgan fingerprint density at radius 3 is 2.29 bits per heavy atom. The van der Waals surface area contributed by atoms with Gasteiger partial charge in [0, 0.05) is 27.9 Å². The van der Waals surface area contributed by atoms with Crippen molar-refractivity contribution in [1.29, 1.82) is 0 Å². The van der Waals surface area contributed by atoms with Gasteiger partial charge in [0.2, 0.25) is 0 Å². The number of hydrogen-bond donors (Lipinski definition) is 0. The number of rotatable bonds is 1. The van der Waals surface area contributed by atoms with Gasteiger partial charge in [-0.15, -0.1) is 0 Å². The molecule has 0 fully saturated rings. The maximum atomic E-state index is 6.75. The van der Waals surface area contributed by atoms with Gasteiger partial charge in [-0.1, -0.05) is 91.0 Å². The average Bonchev–Trinajstić information content (AvgIpc) is 3.42. The Hall–Kier alpha value is -4.30. The first-order chi connectivity index (χ1) is 16.8. The molecule has 0 radical (unpaired) electrons. The van der Waals surface area contributed by atoms with Gasteiger partial charge >= 0.3 is 0 Å². The first kappa shape index (κ1) is 18.2. The van der Waals surface area contributed by atoms with E-state index >= 15 is 0 Å². The van der Waals surface area contributed by atoms with Crippen LogP contribution in [-0.4, -0.2) is 10.7 Å². The number of ether oxygens (including phenoxy) is 1. The molecule has 5 aromatic carbocycles. The van der Waals surface area contributed by atoms with Crippen molar-refractivity contribution in [3.63, 3.8) is 0 Å². The summed E-state index contributed by atoms with van der Waals surface area (Å²) < 4.78 is 9.14. The van der Waals surface area contributed by atoms with Crippen LogP contribution in [0.15, 0.2) is 103 Å². The summed E-state index contributed by atoms with van der Waals surface area (Å²) in [6.07, 6.45) is 4.69. The Kier molecular flexibility index (Phi) is 3.53. The van der Waals surface area contributed by atoms with Crippen molar-refractivity contribution in [2.45, 2.75) is 12.0 Å². The van der Waals surface area contributed by atoms with Gasteiger partial charge < -0.3 is 9.30 Å². The molecule has 8 rings (SSSR count). The molecule has 1 aromatic heterocycles. The summed E-state index contributed by atoms with van der Waals surface area (Å²) in [5.74, 6) is 1.24. The Balaban J connectivity index is 1.45. The van der Waals surface area contributed by atoms with E-state index in [9.17, 15) is 0 Å². The maximum absolute atomic E-state index is 6.75. The van der Waals surface area contributed by atoms with Crippen LogP contribution < -0.4 is 15.2 Å². The molecule has 0 saturated carbocycles. The third-order valence-electron chi connectivity index (χ3n) is 7.48. The van der Waals surface area contributed by atoms with Crippen LogP contribution in [0.4, 0.5) is 0 Å². The lowest BCUT2D eigenvalue weighted by molar-refractivity contribution is 0.290. The fraction of sp³-hybridized carbons (Fsp3) is 0.0625. The van der Waals surface area contributed by atoms with Gasteiger partial charge in [-0.2, -0.15) is 0 Å². The van der Waals surface area contributed by atoms with Crippen LogP contribution in [0.3, 0.4) is 0 Å². The molecule has 1 aliphatic heterocycles. The number of hydrogen-bond acceptors (Lipinski definition) is 1. The standard InChI is InChI=1S/C32H21NO/c1-2-8-21-17-24(14-13-20(21)7-1)33-29-12-6-5-11-25(29)26-15-16-27-28-18-22-9-3-4-10-23(22)19-30(28)34-32(27)31(26)33/h1-19,28,30H. The zero-order valence-corrected chi connectivity index (χ0v) is 18.5. The third kappa shape index (κ3) is 2.40. The highest BCUT2D eigenvalue weighted by atomic mass is 16.5. The van der Waals surface area contributed by atoms with Gasteiger partial charge in [-0.05, 0) is 45.5 Å². The predicted molar refractivity (Wildman–Crippen MR) is 140 cm³/mol. The Bertz CT molecular complexity index is 1910. The SMILES string of the molecule is C1=c2ccccc2=CC2c3ccc4c5ccccc5n(-c5ccc6ccccc6c5)c4c3OC12. The van der Waals surface area contributed by atoms with Crippen LogP contribution in [0.5, 0.6) is 5.75 Å². The van der Waals surface area contributed by atoms with E-state index in [-0.39, 0.29) is 12.0 Å². The van der Waals surface area contributed by atoms with Crippen molar-refractivity contribution >= 4 is 44.7 Å². The molecule has 0 amide bonds. The second kappa shape index (κ2) is 6.61. The number of fused-ring (bicyclic) bond motifs is 9. The number of para-hydroxylation sites is 1.